The van der Waals surface area contributed by atoms with Gasteiger partial charge in [0.2, 0.25) is 0 Å². The van der Waals surface area contributed by atoms with Gasteiger partial charge in [-0.05, 0) is 42.3 Å². The van der Waals surface area contributed by atoms with Crippen LogP contribution in [0.4, 0.5) is 5.69 Å². The van der Waals surface area contributed by atoms with Crippen molar-refractivity contribution in [1.82, 2.24) is 0 Å². The number of anilines is 1. The zero-order valence-electron chi connectivity index (χ0n) is 10.8. The molecule has 0 spiro atoms. The highest BCUT2D eigenvalue weighted by molar-refractivity contribution is 6.30. The molecule has 0 aromatic heterocycles. The molecule has 1 atom stereocenters. The Morgan fingerprint density at radius 2 is 2.16 bits per heavy atom. The van der Waals surface area contributed by atoms with E-state index in [0.717, 1.165) is 29.4 Å². The normalized spacial score (nSPS) is 16.8. The van der Waals surface area contributed by atoms with Crippen LogP contribution in [0, 0.1) is 0 Å². The van der Waals surface area contributed by atoms with Gasteiger partial charge in [-0.15, -0.1) is 0 Å². The van der Waals surface area contributed by atoms with E-state index in [1.165, 1.54) is 11.1 Å². The first-order chi connectivity index (χ1) is 9.20. The molecule has 98 valence electrons. The zero-order valence-corrected chi connectivity index (χ0v) is 11.6. The van der Waals surface area contributed by atoms with Crippen LogP contribution in [-0.2, 0) is 13.0 Å². The SMILES string of the molecule is C[C@@H]1Cc2cc(CNc3cccc(Cl)c3)ccc2O1. The minimum atomic E-state index is 0.297. The van der Waals surface area contributed by atoms with Gasteiger partial charge < -0.3 is 10.1 Å². The van der Waals surface area contributed by atoms with Gasteiger partial charge in [0, 0.05) is 23.7 Å². The highest BCUT2D eigenvalue weighted by Crippen LogP contribution is 2.29. The van der Waals surface area contributed by atoms with Crippen LogP contribution in [0.3, 0.4) is 0 Å². The van der Waals surface area contributed by atoms with E-state index < -0.39 is 0 Å². The summed E-state index contributed by atoms with van der Waals surface area (Å²) in [4.78, 5) is 0. The van der Waals surface area contributed by atoms with Crippen molar-refractivity contribution < 1.29 is 4.74 Å². The third-order valence-corrected chi connectivity index (χ3v) is 3.52. The van der Waals surface area contributed by atoms with Gasteiger partial charge in [0.15, 0.2) is 0 Å². The summed E-state index contributed by atoms with van der Waals surface area (Å²) in [6, 6.07) is 14.2. The molecule has 0 unspecified atom stereocenters. The van der Waals surface area contributed by atoms with E-state index in [1.54, 1.807) is 0 Å². The van der Waals surface area contributed by atoms with Crippen LogP contribution in [-0.4, -0.2) is 6.10 Å². The van der Waals surface area contributed by atoms with Gasteiger partial charge in [-0.2, -0.15) is 0 Å². The minimum absolute atomic E-state index is 0.297. The molecule has 0 aliphatic carbocycles. The lowest BCUT2D eigenvalue weighted by Crippen LogP contribution is -2.05. The highest BCUT2D eigenvalue weighted by Gasteiger charge is 2.18. The van der Waals surface area contributed by atoms with E-state index in [2.05, 4.69) is 30.4 Å². The van der Waals surface area contributed by atoms with E-state index in [4.69, 9.17) is 16.3 Å². The predicted molar refractivity (Wildman–Crippen MR) is 79.0 cm³/mol. The fraction of sp³-hybridized carbons (Fsp3) is 0.250. The smallest absolute Gasteiger partial charge is 0.123 e. The summed E-state index contributed by atoms with van der Waals surface area (Å²) in [7, 11) is 0. The van der Waals surface area contributed by atoms with Gasteiger partial charge in [0.25, 0.3) is 0 Å². The van der Waals surface area contributed by atoms with E-state index >= 15 is 0 Å². The van der Waals surface area contributed by atoms with Crippen molar-refractivity contribution in [2.45, 2.75) is 26.0 Å². The quantitative estimate of drug-likeness (QED) is 0.901. The Morgan fingerprint density at radius 1 is 1.26 bits per heavy atom. The first-order valence-corrected chi connectivity index (χ1v) is 6.86. The van der Waals surface area contributed by atoms with Crippen molar-refractivity contribution in [1.29, 1.82) is 0 Å². The third kappa shape index (κ3) is 2.85. The van der Waals surface area contributed by atoms with Crippen molar-refractivity contribution in [2.24, 2.45) is 0 Å². The Kier molecular flexibility index (Phi) is 3.34. The van der Waals surface area contributed by atoms with Crippen molar-refractivity contribution in [3.8, 4) is 5.75 Å². The number of rotatable bonds is 3. The Hall–Kier alpha value is -1.67. The molecule has 0 radical (unpaired) electrons. The number of hydrogen-bond donors (Lipinski definition) is 1. The summed E-state index contributed by atoms with van der Waals surface area (Å²) in [6.07, 6.45) is 1.30. The molecule has 1 heterocycles. The van der Waals surface area contributed by atoms with Crippen LogP contribution in [0.5, 0.6) is 5.75 Å². The highest BCUT2D eigenvalue weighted by atomic mass is 35.5. The first-order valence-electron chi connectivity index (χ1n) is 6.48. The number of benzene rings is 2. The lowest BCUT2D eigenvalue weighted by Gasteiger charge is -2.08. The molecular weight excluding hydrogens is 258 g/mol. The van der Waals surface area contributed by atoms with Gasteiger partial charge in [-0.1, -0.05) is 29.8 Å². The lowest BCUT2D eigenvalue weighted by molar-refractivity contribution is 0.254. The number of ether oxygens (including phenoxy) is 1. The van der Waals surface area contributed by atoms with Gasteiger partial charge in [0.1, 0.15) is 11.9 Å². The summed E-state index contributed by atoms with van der Waals surface area (Å²) >= 11 is 5.96. The number of halogens is 1. The lowest BCUT2D eigenvalue weighted by atomic mass is 10.1. The predicted octanol–water partition coefficient (Wildman–Crippen LogP) is 4.28. The largest absolute Gasteiger partial charge is 0.490 e. The summed E-state index contributed by atoms with van der Waals surface area (Å²) in [5.74, 6) is 1.03. The van der Waals surface area contributed by atoms with Crippen molar-refractivity contribution >= 4 is 17.3 Å². The Balaban J connectivity index is 1.70. The molecule has 0 fully saturated rings. The fourth-order valence-electron chi connectivity index (χ4n) is 2.39. The summed E-state index contributed by atoms with van der Waals surface area (Å²) < 4.78 is 5.70. The van der Waals surface area contributed by atoms with Crippen LogP contribution in [0.1, 0.15) is 18.1 Å². The van der Waals surface area contributed by atoms with E-state index in [0.29, 0.717) is 6.10 Å². The molecule has 0 saturated heterocycles. The van der Waals surface area contributed by atoms with Crippen LogP contribution in [0.2, 0.25) is 5.02 Å². The average molecular weight is 274 g/mol. The van der Waals surface area contributed by atoms with Crippen LogP contribution in [0.15, 0.2) is 42.5 Å². The van der Waals surface area contributed by atoms with Gasteiger partial charge in [-0.25, -0.2) is 0 Å². The molecule has 0 saturated carbocycles. The molecule has 1 N–H and O–H groups in total. The van der Waals surface area contributed by atoms with E-state index in [-0.39, 0.29) is 0 Å². The standard InChI is InChI=1S/C16H16ClNO/c1-11-7-13-8-12(5-6-16(13)19-11)10-18-15-4-2-3-14(17)9-15/h2-6,8-9,11,18H,7,10H2,1H3/t11-/m1/s1. The number of nitrogens with one attached hydrogen (secondary N) is 1. The van der Waals surface area contributed by atoms with Gasteiger partial charge in [-0.3, -0.25) is 0 Å². The first kappa shape index (κ1) is 12.4. The topological polar surface area (TPSA) is 21.3 Å². The van der Waals surface area contributed by atoms with Crippen LogP contribution < -0.4 is 10.1 Å². The summed E-state index contributed by atoms with van der Waals surface area (Å²) in [6.45, 7) is 2.89. The molecule has 0 bridgehead atoms. The molecule has 3 rings (SSSR count). The van der Waals surface area contributed by atoms with Crippen LogP contribution in [0.25, 0.3) is 0 Å². The molecule has 2 aromatic carbocycles. The molecule has 3 heteroatoms. The maximum atomic E-state index is 5.96. The maximum absolute atomic E-state index is 5.96. The van der Waals surface area contributed by atoms with Crippen molar-refractivity contribution in [2.75, 3.05) is 5.32 Å². The maximum Gasteiger partial charge on any atom is 0.123 e. The minimum Gasteiger partial charge on any atom is -0.490 e. The third-order valence-electron chi connectivity index (χ3n) is 3.28. The van der Waals surface area contributed by atoms with Crippen LogP contribution >= 0.6 is 11.6 Å². The van der Waals surface area contributed by atoms with E-state index in [9.17, 15) is 0 Å². The van der Waals surface area contributed by atoms with Gasteiger partial charge in [0.05, 0.1) is 0 Å². The second-order valence-electron chi connectivity index (χ2n) is 4.94. The van der Waals surface area contributed by atoms with Crippen molar-refractivity contribution in [3.63, 3.8) is 0 Å². The summed E-state index contributed by atoms with van der Waals surface area (Å²) in [5, 5.41) is 4.13. The Morgan fingerprint density at radius 3 is 3.00 bits per heavy atom. The molecule has 0 amide bonds. The molecule has 2 aromatic rings. The number of hydrogen-bond acceptors (Lipinski definition) is 2. The molecule has 2 nitrogen and oxygen atoms in total. The molecule has 1 aliphatic heterocycles. The monoisotopic (exact) mass is 273 g/mol. The molecule has 1 aliphatic rings. The molecular formula is C16H16ClNO. The fourth-order valence-corrected chi connectivity index (χ4v) is 2.58. The van der Waals surface area contributed by atoms with Gasteiger partial charge >= 0.3 is 0 Å². The van der Waals surface area contributed by atoms with Crippen molar-refractivity contribution in [3.05, 3.63) is 58.6 Å². The zero-order chi connectivity index (χ0) is 13.2. The average Bonchev–Trinajstić information content (AvgIpc) is 2.75. The second-order valence-corrected chi connectivity index (χ2v) is 5.38. The molecule has 19 heavy (non-hydrogen) atoms. The van der Waals surface area contributed by atoms with E-state index in [1.807, 2.05) is 24.3 Å². The second kappa shape index (κ2) is 5.14. The Bertz CT molecular complexity index is 597. The Labute approximate surface area is 118 Å². The number of fused-ring (bicyclic) bond motifs is 1. The summed E-state index contributed by atoms with van der Waals surface area (Å²) in [5.41, 5.74) is 3.60.